The van der Waals surface area contributed by atoms with E-state index in [-0.39, 0.29) is 5.41 Å². The summed E-state index contributed by atoms with van der Waals surface area (Å²) in [6.45, 7) is 0.887. The number of hydrogen-bond acceptors (Lipinski definition) is 3. The Morgan fingerprint density at radius 1 is 1.22 bits per heavy atom. The smallest absolute Gasteiger partial charge is 0.267 e. The predicted molar refractivity (Wildman–Crippen MR) is 91.4 cm³/mol. The molecule has 1 saturated carbocycles. The molecule has 0 unspecified atom stereocenters. The number of fused-ring (bicyclic) bond motifs is 2. The number of pyridine rings is 1. The van der Waals surface area contributed by atoms with Gasteiger partial charge in [0.15, 0.2) is 0 Å². The van der Waals surface area contributed by atoms with Gasteiger partial charge in [0.25, 0.3) is 5.91 Å². The Morgan fingerprint density at radius 2 is 2.00 bits per heavy atom. The van der Waals surface area contributed by atoms with E-state index in [2.05, 4.69) is 16.0 Å². The summed E-state index contributed by atoms with van der Waals surface area (Å²) in [6.07, 6.45) is 4.61. The Morgan fingerprint density at radius 3 is 2.70 bits per heavy atom. The van der Waals surface area contributed by atoms with Gasteiger partial charge in [0.2, 0.25) is 0 Å². The Labute approximate surface area is 140 Å². The van der Waals surface area contributed by atoms with E-state index < -0.39 is 5.91 Å². The van der Waals surface area contributed by atoms with Gasteiger partial charge >= 0.3 is 0 Å². The van der Waals surface area contributed by atoms with E-state index in [0.29, 0.717) is 5.69 Å². The zero-order valence-corrected chi connectivity index (χ0v) is 13.5. The quantitative estimate of drug-likeness (QED) is 0.912. The van der Waals surface area contributed by atoms with Gasteiger partial charge in [0, 0.05) is 22.7 Å². The number of halogens is 1. The van der Waals surface area contributed by atoms with Gasteiger partial charge in [-0.25, -0.2) is 4.98 Å². The van der Waals surface area contributed by atoms with Crippen LogP contribution in [0.25, 0.3) is 0 Å². The largest absolute Gasteiger partial charge is 0.364 e. The number of primary amides is 1. The minimum absolute atomic E-state index is 0.0309. The number of aromatic nitrogens is 1. The second-order valence-corrected chi connectivity index (χ2v) is 6.92. The van der Waals surface area contributed by atoms with Gasteiger partial charge in [0.1, 0.15) is 5.69 Å². The van der Waals surface area contributed by atoms with Crippen LogP contribution in [0.5, 0.6) is 0 Å². The fraction of sp³-hybridized carbons (Fsp3) is 0.333. The highest BCUT2D eigenvalue weighted by Gasteiger charge is 2.46. The molecule has 23 heavy (non-hydrogen) atoms. The van der Waals surface area contributed by atoms with E-state index in [1.165, 1.54) is 12.8 Å². The monoisotopic (exact) mass is 327 g/mol. The van der Waals surface area contributed by atoms with Gasteiger partial charge in [-0.15, -0.1) is 0 Å². The van der Waals surface area contributed by atoms with Crippen molar-refractivity contribution in [1.82, 2.24) is 4.98 Å². The summed E-state index contributed by atoms with van der Waals surface area (Å²) in [6, 6.07) is 11.6. The van der Waals surface area contributed by atoms with Gasteiger partial charge in [-0.05, 0) is 43.2 Å². The Bertz CT molecular complexity index is 784. The van der Waals surface area contributed by atoms with Crippen LogP contribution in [0.2, 0.25) is 5.02 Å². The van der Waals surface area contributed by atoms with Gasteiger partial charge in [-0.1, -0.05) is 30.5 Å². The van der Waals surface area contributed by atoms with E-state index in [0.717, 1.165) is 41.5 Å². The van der Waals surface area contributed by atoms with Crippen molar-refractivity contribution in [3.05, 3.63) is 52.8 Å². The third-order valence-electron chi connectivity index (χ3n) is 5.06. The second kappa shape index (κ2) is 5.24. The summed E-state index contributed by atoms with van der Waals surface area (Å²) in [5.41, 5.74) is 8.96. The first kappa shape index (κ1) is 14.5. The maximum absolute atomic E-state index is 11.5. The molecule has 1 fully saturated rings. The molecule has 4 rings (SSSR count). The molecule has 0 atom stereocenters. The summed E-state index contributed by atoms with van der Waals surface area (Å²) in [5.74, 6) is -0.470. The maximum Gasteiger partial charge on any atom is 0.267 e. The molecular formula is C18H18ClN3O. The molecule has 1 spiro atoms. The Kier molecular flexibility index (Phi) is 3.31. The summed E-state index contributed by atoms with van der Waals surface area (Å²) in [4.78, 5) is 18.4. The molecule has 2 aliphatic rings. The van der Waals surface area contributed by atoms with Gasteiger partial charge in [-0.2, -0.15) is 0 Å². The summed E-state index contributed by atoms with van der Waals surface area (Å²) in [7, 11) is 0. The van der Waals surface area contributed by atoms with E-state index >= 15 is 0 Å². The molecule has 2 aromatic rings. The third-order valence-corrected chi connectivity index (χ3v) is 5.30. The fourth-order valence-electron chi connectivity index (χ4n) is 3.98. The molecule has 5 heteroatoms. The average molecular weight is 328 g/mol. The van der Waals surface area contributed by atoms with Crippen molar-refractivity contribution in [3.63, 3.8) is 0 Å². The number of carbonyl (C=O) groups excluding carboxylic acids is 1. The molecule has 0 bridgehead atoms. The molecule has 2 heterocycles. The molecule has 4 nitrogen and oxygen atoms in total. The van der Waals surface area contributed by atoms with E-state index in [9.17, 15) is 4.79 Å². The van der Waals surface area contributed by atoms with E-state index in [1.807, 2.05) is 24.3 Å². The molecule has 0 radical (unpaired) electrons. The van der Waals surface area contributed by atoms with Crippen molar-refractivity contribution >= 4 is 28.9 Å². The van der Waals surface area contributed by atoms with Crippen LogP contribution >= 0.6 is 11.6 Å². The lowest BCUT2D eigenvalue weighted by molar-refractivity contribution is 0.0995. The zero-order valence-electron chi connectivity index (χ0n) is 12.8. The van der Waals surface area contributed by atoms with Crippen LogP contribution in [0.15, 0.2) is 36.4 Å². The van der Waals surface area contributed by atoms with Crippen molar-refractivity contribution in [2.24, 2.45) is 5.73 Å². The average Bonchev–Trinajstić information content (AvgIpc) is 3.14. The summed E-state index contributed by atoms with van der Waals surface area (Å²) < 4.78 is 0. The fourth-order valence-corrected chi connectivity index (χ4v) is 4.17. The number of nitrogens with zero attached hydrogens (tertiary/aromatic N) is 2. The summed E-state index contributed by atoms with van der Waals surface area (Å²) in [5, 5.41) is 0.720. The van der Waals surface area contributed by atoms with Crippen molar-refractivity contribution in [2.45, 2.75) is 31.1 Å². The van der Waals surface area contributed by atoms with Crippen LogP contribution in [-0.2, 0) is 5.41 Å². The highest BCUT2D eigenvalue weighted by molar-refractivity contribution is 6.30. The van der Waals surface area contributed by atoms with Crippen LogP contribution in [0.4, 0.5) is 11.4 Å². The normalized spacial score (nSPS) is 18.4. The lowest BCUT2D eigenvalue weighted by atomic mass is 9.84. The topological polar surface area (TPSA) is 59.2 Å². The number of nitrogens with two attached hydrogens (primary N) is 1. The maximum atomic E-state index is 11.5. The third kappa shape index (κ3) is 2.29. The Balaban J connectivity index is 1.86. The molecule has 1 aromatic carbocycles. The minimum Gasteiger partial charge on any atom is -0.364 e. The molecule has 0 saturated heterocycles. The first-order valence-corrected chi connectivity index (χ1v) is 8.31. The SMILES string of the molecule is NC(=O)c1ccc2c(n1)C1(CCCC1)CN2c1cccc(Cl)c1. The number of anilines is 2. The van der Waals surface area contributed by atoms with E-state index in [1.54, 1.807) is 6.07 Å². The molecule has 2 N–H and O–H groups in total. The summed E-state index contributed by atoms with van der Waals surface area (Å²) >= 11 is 6.16. The van der Waals surface area contributed by atoms with Gasteiger partial charge in [0.05, 0.1) is 11.4 Å². The number of carbonyl (C=O) groups is 1. The number of rotatable bonds is 2. The second-order valence-electron chi connectivity index (χ2n) is 6.48. The number of benzene rings is 1. The number of hydrogen-bond donors (Lipinski definition) is 1. The highest BCUT2D eigenvalue weighted by Crippen LogP contribution is 2.51. The molecule has 1 aromatic heterocycles. The first-order chi connectivity index (χ1) is 11.1. The van der Waals surface area contributed by atoms with Gasteiger partial charge < -0.3 is 10.6 Å². The van der Waals surface area contributed by atoms with Crippen LogP contribution in [-0.4, -0.2) is 17.4 Å². The van der Waals surface area contributed by atoms with Crippen molar-refractivity contribution in [3.8, 4) is 0 Å². The van der Waals surface area contributed by atoms with Gasteiger partial charge in [-0.3, -0.25) is 4.79 Å². The van der Waals surface area contributed by atoms with Crippen molar-refractivity contribution < 1.29 is 4.79 Å². The lowest BCUT2D eigenvalue weighted by Gasteiger charge is -2.25. The molecule has 1 amide bonds. The van der Waals surface area contributed by atoms with Crippen LogP contribution < -0.4 is 10.6 Å². The van der Waals surface area contributed by atoms with Crippen LogP contribution in [0.3, 0.4) is 0 Å². The molecular weight excluding hydrogens is 310 g/mol. The van der Waals surface area contributed by atoms with Crippen LogP contribution in [0, 0.1) is 0 Å². The lowest BCUT2D eigenvalue weighted by Crippen LogP contribution is -2.29. The molecule has 118 valence electrons. The first-order valence-electron chi connectivity index (χ1n) is 7.94. The molecule has 1 aliphatic carbocycles. The van der Waals surface area contributed by atoms with Crippen molar-refractivity contribution in [1.29, 1.82) is 0 Å². The number of amides is 1. The van der Waals surface area contributed by atoms with Crippen molar-refractivity contribution in [2.75, 3.05) is 11.4 Å². The molecule has 1 aliphatic heterocycles. The standard InChI is InChI=1S/C18H18ClN3O/c19-12-4-3-5-13(10-12)22-11-18(8-1-2-9-18)16-15(22)7-6-14(21-16)17(20)23/h3-7,10H,1-2,8-9,11H2,(H2,20,23). The minimum atomic E-state index is -0.470. The van der Waals surface area contributed by atoms with Crippen LogP contribution in [0.1, 0.15) is 41.9 Å². The Hall–Kier alpha value is -2.07. The predicted octanol–water partition coefficient (Wildman–Crippen LogP) is 3.80. The highest BCUT2D eigenvalue weighted by atomic mass is 35.5. The zero-order chi connectivity index (χ0) is 16.0. The van der Waals surface area contributed by atoms with E-state index in [4.69, 9.17) is 17.3 Å².